The summed E-state index contributed by atoms with van der Waals surface area (Å²) in [5.41, 5.74) is -0.836. The molecule has 0 aliphatic heterocycles. The maximum Gasteiger partial charge on any atom is 0.475 e. The second-order valence-corrected chi connectivity index (χ2v) is 5.78. The molecular formula is C8H15F3N2O5S. The third-order valence-corrected chi connectivity index (χ3v) is 2.49. The average molecular weight is 308 g/mol. The summed E-state index contributed by atoms with van der Waals surface area (Å²) >= 11 is 0. The average Bonchev–Trinajstić information content (AvgIpc) is 2.04. The highest BCUT2D eigenvalue weighted by molar-refractivity contribution is 7.83. The van der Waals surface area contributed by atoms with Crippen molar-refractivity contribution in [2.24, 2.45) is 0 Å². The molecule has 0 aliphatic carbocycles. The Morgan fingerprint density at radius 2 is 1.79 bits per heavy atom. The lowest BCUT2D eigenvalue weighted by atomic mass is 10.2. The van der Waals surface area contributed by atoms with E-state index in [1.54, 1.807) is 20.8 Å². The first-order chi connectivity index (χ1) is 8.23. The first-order valence-electron chi connectivity index (χ1n) is 5.02. The molecule has 0 unspecified atom stereocenters. The maximum atomic E-state index is 12.3. The van der Waals surface area contributed by atoms with Crippen molar-refractivity contribution in [3.63, 3.8) is 0 Å². The van der Waals surface area contributed by atoms with Crippen LogP contribution in [-0.4, -0.2) is 48.4 Å². The third kappa shape index (κ3) is 7.85. The summed E-state index contributed by atoms with van der Waals surface area (Å²) in [6, 6.07) is 0. The van der Waals surface area contributed by atoms with Crippen molar-refractivity contribution in [3.05, 3.63) is 0 Å². The number of alkyl carbamates (subject to hydrolysis) is 1. The van der Waals surface area contributed by atoms with E-state index in [0.29, 0.717) is 0 Å². The van der Waals surface area contributed by atoms with E-state index >= 15 is 0 Å². The molecule has 0 heterocycles. The number of hydrogen-bond donors (Lipinski definition) is 2. The SMILES string of the molecule is CC(C)(C)OC(=O)NCCN(C(F)(F)F)S(=O)(=O)O. The molecule has 114 valence electrons. The summed E-state index contributed by atoms with van der Waals surface area (Å²) in [5, 5.41) is 1.94. The van der Waals surface area contributed by atoms with Gasteiger partial charge in [-0.1, -0.05) is 4.31 Å². The molecule has 0 aromatic heterocycles. The molecule has 19 heavy (non-hydrogen) atoms. The van der Waals surface area contributed by atoms with Gasteiger partial charge in [0.25, 0.3) is 0 Å². The maximum absolute atomic E-state index is 12.3. The smallest absolute Gasteiger partial charge is 0.444 e. The number of carbonyl (C=O) groups excluding carboxylic acids is 1. The lowest BCUT2D eigenvalue weighted by Gasteiger charge is -2.22. The molecule has 0 rings (SSSR count). The molecule has 0 bridgehead atoms. The number of amides is 1. The van der Waals surface area contributed by atoms with Crippen LogP contribution in [0.3, 0.4) is 0 Å². The Balaban J connectivity index is 4.42. The largest absolute Gasteiger partial charge is 0.475 e. The van der Waals surface area contributed by atoms with Crippen LogP contribution in [-0.2, 0) is 15.0 Å². The van der Waals surface area contributed by atoms with Crippen LogP contribution >= 0.6 is 0 Å². The van der Waals surface area contributed by atoms with E-state index < -0.39 is 45.7 Å². The lowest BCUT2D eigenvalue weighted by Crippen LogP contribution is -2.46. The quantitative estimate of drug-likeness (QED) is 0.599. The van der Waals surface area contributed by atoms with Gasteiger partial charge in [0.15, 0.2) is 0 Å². The van der Waals surface area contributed by atoms with Crippen LogP contribution in [0.15, 0.2) is 0 Å². The molecule has 0 aromatic rings. The van der Waals surface area contributed by atoms with Gasteiger partial charge in [-0.2, -0.15) is 21.6 Å². The highest BCUT2D eigenvalue weighted by Gasteiger charge is 2.44. The van der Waals surface area contributed by atoms with Gasteiger partial charge in [0.2, 0.25) is 0 Å². The number of rotatable bonds is 4. The summed E-state index contributed by atoms with van der Waals surface area (Å²) in [4.78, 5) is 11.1. The minimum atomic E-state index is -5.44. The van der Waals surface area contributed by atoms with Gasteiger partial charge in [0, 0.05) is 13.1 Å². The van der Waals surface area contributed by atoms with Crippen LogP contribution in [0, 0.1) is 0 Å². The standard InChI is InChI=1S/C8H15F3N2O5S/c1-7(2,3)18-6(14)12-4-5-13(8(9,10)11)19(15,16)17/h4-5H2,1-3H3,(H,12,14)(H,15,16,17). The number of nitrogens with zero attached hydrogens (tertiary/aromatic N) is 1. The molecule has 1 amide bonds. The monoisotopic (exact) mass is 308 g/mol. The molecule has 7 nitrogen and oxygen atoms in total. The fraction of sp³-hybridized carbons (Fsp3) is 0.875. The predicted octanol–water partition coefficient (Wildman–Crippen LogP) is 1.14. The highest BCUT2D eigenvalue weighted by Crippen LogP contribution is 2.23. The Bertz CT molecular complexity index is 415. The summed E-state index contributed by atoms with van der Waals surface area (Å²) in [7, 11) is -5.44. The molecule has 0 saturated carbocycles. The van der Waals surface area contributed by atoms with Crippen molar-refractivity contribution >= 4 is 16.4 Å². The van der Waals surface area contributed by atoms with Crippen LogP contribution in [0.1, 0.15) is 20.8 Å². The number of hydrogen-bond acceptors (Lipinski definition) is 4. The summed E-state index contributed by atoms with van der Waals surface area (Å²) < 4.78 is 69.8. The molecule has 0 spiro atoms. The zero-order valence-electron chi connectivity index (χ0n) is 10.5. The van der Waals surface area contributed by atoms with Crippen LogP contribution < -0.4 is 5.32 Å². The summed E-state index contributed by atoms with van der Waals surface area (Å²) in [6.07, 6.45) is -6.27. The van der Waals surface area contributed by atoms with E-state index in [2.05, 4.69) is 0 Å². The van der Waals surface area contributed by atoms with Gasteiger partial charge in [-0.15, -0.1) is 0 Å². The van der Waals surface area contributed by atoms with Crippen LogP contribution in [0.5, 0.6) is 0 Å². The number of ether oxygens (including phenoxy) is 1. The minimum Gasteiger partial charge on any atom is -0.444 e. The van der Waals surface area contributed by atoms with E-state index in [1.807, 2.05) is 5.32 Å². The van der Waals surface area contributed by atoms with E-state index in [9.17, 15) is 26.4 Å². The molecular weight excluding hydrogens is 293 g/mol. The van der Waals surface area contributed by atoms with Crippen molar-refractivity contribution in [1.29, 1.82) is 0 Å². The van der Waals surface area contributed by atoms with Crippen molar-refractivity contribution in [2.75, 3.05) is 13.1 Å². The molecule has 0 aromatic carbocycles. The highest BCUT2D eigenvalue weighted by atomic mass is 32.2. The lowest BCUT2D eigenvalue weighted by molar-refractivity contribution is -0.211. The van der Waals surface area contributed by atoms with E-state index in [1.165, 1.54) is 0 Å². The van der Waals surface area contributed by atoms with E-state index in [0.717, 1.165) is 0 Å². The second-order valence-electron chi connectivity index (χ2n) is 4.45. The number of halogens is 3. The van der Waals surface area contributed by atoms with Crippen LogP contribution in [0.4, 0.5) is 18.0 Å². The van der Waals surface area contributed by atoms with Crippen LogP contribution in [0.2, 0.25) is 0 Å². The van der Waals surface area contributed by atoms with Gasteiger partial charge in [0.05, 0.1) is 0 Å². The normalized spacial score (nSPS) is 13.5. The number of carbonyl (C=O) groups is 1. The summed E-state index contributed by atoms with van der Waals surface area (Å²) in [5.74, 6) is 0. The molecule has 0 aliphatic rings. The van der Waals surface area contributed by atoms with Gasteiger partial charge in [0.1, 0.15) is 5.60 Å². The van der Waals surface area contributed by atoms with Gasteiger partial charge < -0.3 is 10.1 Å². The minimum absolute atomic E-state index is 0.672. The second kappa shape index (κ2) is 5.92. The van der Waals surface area contributed by atoms with Crippen molar-refractivity contribution in [2.45, 2.75) is 32.7 Å². The Morgan fingerprint density at radius 1 is 1.32 bits per heavy atom. The van der Waals surface area contributed by atoms with Gasteiger partial charge >= 0.3 is 22.7 Å². The molecule has 0 saturated heterocycles. The molecule has 0 radical (unpaired) electrons. The van der Waals surface area contributed by atoms with Crippen molar-refractivity contribution < 1.29 is 35.7 Å². The molecule has 11 heteroatoms. The molecule has 0 fully saturated rings. The molecule has 2 N–H and O–H groups in total. The zero-order valence-corrected chi connectivity index (χ0v) is 11.3. The van der Waals surface area contributed by atoms with Gasteiger partial charge in [-0.3, -0.25) is 4.55 Å². The number of nitrogens with one attached hydrogen (secondary N) is 1. The Kier molecular flexibility index (Phi) is 5.59. The fourth-order valence-electron chi connectivity index (χ4n) is 0.947. The van der Waals surface area contributed by atoms with Crippen LogP contribution in [0.25, 0.3) is 0 Å². The number of alkyl halides is 3. The Labute approximate surface area is 108 Å². The van der Waals surface area contributed by atoms with Gasteiger partial charge in [-0.05, 0) is 20.8 Å². The fourth-order valence-corrected chi connectivity index (χ4v) is 1.53. The Morgan fingerprint density at radius 3 is 2.11 bits per heavy atom. The Hall–Kier alpha value is -1.07. The summed E-state index contributed by atoms with van der Waals surface area (Å²) in [6.45, 7) is 2.81. The first-order valence-corrected chi connectivity index (χ1v) is 6.42. The van der Waals surface area contributed by atoms with Crippen molar-refractivity contribution in [1.82, 2.24) is 9.62 Å². The van der Waals surface area contributed by atoms with E-state index in [-0.39, 0.29) is 0 Å². The van der Waals surface area contributed by atoms with Crippen molar-refractivity contribution in [3.8, 4) is 0 Å². The first kappa shape index (κ1) is 17.9. The third-order valence-electron chi connectivity index (χ3n) is 1.54. The van der Waals surface area contributed by atoms with E-state index in [4.69, 9.17) is 9.29 Å². The topological polar surface area (TPSA) is 95.9 Å². The zero-order chi connectivity index (χ0) is 15.5. The molecule has 0 atom stereocenters. The van der Waals surface area contributed by atoms with Gasteiger partial charge in [-0.25, -0.2) is 4.79 Å². The predicted molar refractivity (Wildman–Crippen MR) is 58.5 cm³/mol.